The number of rotatable bonds is 5. The van der Waals surface area contributed by atoms with Gasteiger partial charge in [0.2, 0.25) is 0 Å². The first-order valence-electron chi connectivity index (χ1n) is 7.19. The van der Waals surface area contributed by atoms with E-state index in [9.17, 15) is 4.39 Å². The highest BCUT2D eigenvalue weighted by atomic mass is 19.1. The molecule has 0 radical (unpaired) electrons. The van der Waals surface area contributed by atoms with Gasteiger partial charge < -0.3 is 15.2 Å². The number of benzene rings is 2. The van der Waals surface area contributed by atoms with Gasteiger partial charge in [-0.05, 0) is 48.9 Å². The molecule has 3 aromatic rings. The zero-order valence-electron chi connectivity index (χ0n) is 12.6. The molecular formula is C17H16FN3O2. The van der Waals surface area contributed by atoms with Crippen molar-refractivity contribution in [3.05, 3.63) is 54.1 Å². The topological polar surface area (TPSA) is 67.3 Å². The van der Waals surface area contributed by atoms with Crippen LogP contribution < -0.4 is 10.1 Å². The first kappa shape index (κ1) is 15.2. The summed E-state index contributed by atoms with van der Waals surface area (Å²) in [7, 11) is 0. The number of hydrogen-bond acceptors (Lipinski definition) is 5. The number of nitrogens with one attached hydrogen (secondary N) is 1. The third-order valence-corrected chi connectivity index (χ3v) is 3.38. The Balaban J connectivity index is 1.90. The molecule has 0 saturated heterocycles. The van der Waals surface area contributed by atoms with Gasteiger partial charge in [0.25, 0.3) is 0 Å². The fraction of sp³-hybridized carbons (Fsp3) is 0.176. The summed E-state index contributed by atoms with van der Waals surface area (Å²) in [6.07, 6.45) is 1.44. The summed E-state index contributed by atoms with van der Waals surface area (Å²) >= 11 is 0. The Bertz CT molecular complexity index is 839. The zero-order chi connectivity index (χ0) is 16.2. The van der Waals surface area contributed by atoms with E-state index in [1.807, 2.05) is 25.1 Å². The van der Waals surface area contributed by atoms with Crippen LogP contribution in [0.2, 0.25) is 0 Å². The van der Waals surface area contributed by atoms with Gasteiger partial charge in [-0.1, -0.05) is 0 Å². The molecule has 0 aliphatic carbocycles. The molecule has 0 aliphatic heterocycles. The molecular weight excluding hydrogens is 297 g/mol. The average Bonchev–Trinajstić information content (AvgIpc) is 2.55. The summed E-state index contributed by atoms with van der Waals surface area (Å²) in [6.45, 7) is 2.14. The minimum absolute atomic E-state index is 0.0298. The molecule has 2 aromatic carbocycles. The fourth-order valence-electron chi connectivity index (χ4n) is 2.31. The van der Waals surface area contributed by atoms with Crippen LogP contribution >= 0.6 is 0 Å². The smallest absolute Gasteiger partial charge is 0.141 e. The molecule has 0 saturated carbocycles. The van der Waals surface area contributed by atoms with Crippen molar-refractivity contribution < 1.29 is 14.2 Å². The van der Waals surface area contributed by atoms with Crippen LogP contribution in [0, 0.1) is 12.7 Å². The van der Waals surface area contributed by atoms with Gasteiger partial charge >= 0.3 is 0 Å². The number of aromatic nitrogens is 2. The van der Waals surface area contributed by atoms with Crippen LogP contribution in [-0.4, -0.2) is 28.3 Å². The van der Waals surface area contributed by atoms with E-state index in [-0.39, 0.29) is 19.0 Å². The molecule has 118 valence electrons. The highest BCUT2D eigenvalue weighted by molar-refractivity contribution is 5.90. The summed E-state index contributed by atoms with van der Waals surface area (Å²) in [4.78, 5) is 8.32. The Morgan fingerprint density at radius 3 is 2.83 bits per heavy atom. The molecule has 0 bridgehead atoms. The number of aryl methyl sites for hydroxylation is 1. The van der Waals surface area contributed by atoms with Gasteiger partial charge in [-0.25, -0.2) is 14.4 Å². The van der Waals surface area contributed by atoms with Crippen LogP contribution in [0.4, 0.5) is 15.9 Å². The van der Waals surface area contributed by atoms with Crippen molar-refractivity contribution in [3.8, 4) is 5.75 Å². The van der Waals surface area contributed by atoms with Gasteiger partial charge in [0.05, 0.1) is 12.1 Å². The number of nitrogens with zero attached hydrogens (tertiary/aromatic N) is 2. The van der Waals surface area contributed by atoms with Gasteiger partial charge in [0.15, 0.2) is 0 Å². The average molecular weight is 313 g/mol. The maximum atomic E-state index is 13.5. The largest absolute Gasteiger partial charge is 0.491 e. The minimum atomic E-state index is -0.334. The predicted octanol–water partition coefficient (Wildman–Crippen LogP) is 3.19. The Morgan fingerprint density at radius 2 is 2.04 bits per heavy atom. The number of halogens is 1. The number of hydrogen-bond donors (Lipinski definition) is 2. The van der Waals surface area contributed by atoms with E-state index >= 15 is 0 Å². The molecule has 0 atom stereocenters. The third-order valence-electron chi connectivity index (χ3n) is 3.38. The molecule has 0 spiro atoms. The Morgan fingerprint density at radius 1 is 1.17 bits per heavy atom. The third kappa shape index (κ3) is 3.37. The van der Waals surface area contributed by atoms with Crippen LogP contribution in [0.15, 0.2) is 42.7 Å². The van der Waals surface area contributed by atoms with E-state index in [2.05, 4.69) is 15.3 Å². The maximum absolute atomic E-state index is 13.5. The number of ether oxygens (including phenoxy) is 1. The van der Waals surface area contributed by atoms with Crippen LogP contribution in [0.25, 0.3) is 10.9 Å². The lowest BCUT2D eigenvalue weighted by atomic mass is 10.2. The Labute approximate surface area is 132 Å². The first-order valence-corrected chi connectivity index (χ1v) is 7.19. The molecule has 1 aromatic heterocycles. The van der Waals surface area contributed by atoms with Crippen molar-refractivity contribution in [1.82, 2.24) is 9.97 Å². The summed E-state index contributed by atoms with van der Waals surface area (Å²) in [5.74, 6) is 0.917. The maximum Gasteiger partial charge on any atom is 0.141 e. The van der Waals surface area contributed by atoms with E-state index in [0.717, 1.165) is 11.3 Å². The van der Waals surface area contributed by atoms with Crippen molar-refractivity contribution in [3.63, 3.8) is 0 Å². The lowest BCUT2D eigenvalue weighted by Crippen LogP contribution is -2.03. The van der Waals surface area contributed by atoms with Crippen molar-refractivity contribution in [2.24, 2.45) is 0 Å². The van der Waals surface area contributed by atoms with Gasteiger partial charge in [0.1, 0.15) is 30.3 Å². The predicted molar refractivity (Wildman–Crippen MR) is 86.5 cm³/mol. The van der Waals surface area contributed by atoms with Gasteiger partial charge in [-0.15, -0.1) is 0 Å². The normalized spacial score (nSPS) is 10.7. The van der Waals surface area contributed by atoms with Crippen LogP contribution in [-0.2, 0) is 0 Å². The van der Waals surface area contributed by atoms with Crippen molar-refractivity contribution in [1.29, 1.82) is 0 Å². The second kappa shape index (κ2) is 6.58. The lowest BCUT2D eigenvalue weighted by molar-refractivity contribution is 0.200. The molecule has 2 N–H and O–H groups in total. The van der Waals surface area contributed by atoms with E-state index in [1.165, 1.54) is 18.5 Å². The SMILES string of the molecule is Cc1cc(Nc2ncnc3ccc(F)cc23)ccc1OCCO. The minimum Gasteiger partial charge on any atom is -0.491 e. The van der Waals surface area contributed by atoms with Gasteiger partial charge in [-0.2, -0.15) is 0 Å². The number of aliphatic hydroxyl groups is 1. The molecule has 0 aliphatic rings. The van der Waals surface area contributed by atoms with Crippen LogP contribution in [0.1, 0.15) is 5.56 Å². The van der Waals surface area contributed by atoms with Crippen molar-refractivity contribution >= 4 is 22.4 Å². The molecule has 6 heteroatoms. The highest BCUT2D eigenvalue weighted by Gasteiger charge is 2.07. The van der Waals surface area contributed by atoms with E-state index < -0.39 is 0 Å². The molecule has 0 amide bonds. The second-order valence-corrected chi connectivity index (χ2v) is 5.06. The highest BCUT2D eigenvalue weighted by Crippen LogP contribution is 2.27. The molecule has 5 nitrogen and oxygen atoms in total. The summed E-state index contributed by atoms with van der Waals surface area (Å²) < 4.78 is 18.9. The van der Waals surface area contributed by atoms with Gasteiger partial charge in [-0.3, -0.25) is 0 Å². The number of anilines is 2. The van der Waals surface area contributed by atoms with Crippen LogP contribution in [0.5, 0.6) is 5.75 Å². The zero-order valence-corrected chi connectivity index (χ0v) is 12.6. The number of aliphatic hydroxyl groups excluding tert-OH is 1. The standard InChI is InChI=1S/C17H16FN3O2/c1-11-8-13(3-5-16(11)23-7-6-22)21-17-14-9-12(18)2-4-15(14)19-10-20-17/h2-5,8-10,22H,6-7H2,1H3,(H,19,20,21). The van der Waals surface area contributed by atoms with E-state index in [1.54, 1.807) is 6.07 Å². The molecule has 0 fully saturated rings. The molecule has 1 heterocycles. The Hall–Kier alpha value is -2.73. The first-order chi connectivity index (χ1) is 11.2. The summed E-state index contributed by atoms with van der Waals surface area (Å²) in [5.41, 5.74) is 2.40. The van der Waals surface area contributed by atoms with Crippen LogP contribution in [0.3, 0.4) is 0 Å². The lowest BCUT2D eigenvalue weighted by Gasteiger charge is -2.12. The molecule has 3 rings (SSSR count). The monoisotopic (exact) mass is 313 g/mol. The number of fused-ring (bicyclic) bond motifs is 1. The summed E-state index contributed by atoms with van der Waals surface area (Å²) in [5, 5.41) is 12.6. The van der Waals surface area contributed by atoms with E-state index in [0.29, 0.717) is 22.5 Å². The summed E-state index contributed by atoms with van der Waals surface area (Å²) in [6, 6.07) is 9.96. The van der Waals surface area contributed by atoms with Crippen molar-refractivity contribution in [2.75, 3.05) is 18.5 Å². The van der Waals surface area contributed by atoms with Gasteiger partial charge in [0, 0.05) is 11.1 Å². The van der Waals surface area contributed by atoms with Crippen molar-refractivity contribution in [2.45, 2.75) is 6.92 Å². The fourth-order valence-corrected chi connectivity index (χ4v) is 2.31. The molecule has 0 unspecified atom stereocenters. The Kier molecular flexibility index (Phi) is 4.34. The quantitative estimate of drug-likeness (QED) is 0.757. The van der Waals surface area contributed by atoms with E-state index in [4.69, 9.17) is 9.84 Å². The second-order valence-electron chi connectivity index (χ2n) is 5.06. The molecule has 23 heavy (non-hydrogen) atoms.